The topological polar surface area (TPSA) is 49.5 Å². The van der Waals surface area contributed by atoms with Crippen LogP contribution < -0.4 is 5.73 Å². The van der Waals surface area contributed by atoms with Crippen LogP contribution in [0, 0.1) is 23.7 Å². The van der Waals surface area contributed by atoms with Crippen LogP contribution >= 0.6 is 0 Å². The maximum absolute atomic E-state index is 10.5. The second-order valence-corrected chi connectivity index (χ2v) is 7.88. The molecule has 3 rings (SSSR count). The van der Waals surface area contributed by atoms with Crippen LogP contribution in [0.3, 0.4) is 0 Å². The zero-order chi connectivity index (χ0) is 14.2. The monoisotopic (exact) mass is 280 g/mol. The van der Waals surface area contributed by atoms with E-state index >= 15 is 0 Å². The van der Waals surface area contributed by atoms with Crippen molar-refractivity contribution in [2.45, 2.75) is 57.0 Å². The van der Waals surface area contributed by atoms with Crippen molar-refractivity contribution in [2.24, 2.45) is 29.4 Å². The maximum Gasteiger partial charge on any atom is 0.0797 e. The first kappa shape index (κ1) is 14.8. The Morgan fingerprint density at radius 1 is 1.25 bits per heavy atom. The van der Waals surface area contributed by atoms with Gasteiger partial charge in [-0.25, -0.2) is 0 Å². The summed E-state index contributed by atoms with van der Waals surface area (Å²) in [5.41, 5.74) is 5.21. The number of rotatable bonds is 6. The standard InChI is InChI=1S/C17H32N2O/c1-19(11-15-10-13-4-5-14(15)9-13)8-6-16-3-2-7-17(16,20)12-18/h13-16,20H,2-12,18H2,1H3. The zero-order valence-electron chi connectivity index (χ0n) is 13.1. The molecule has 0 heterocycles. The summed E-state index contributed by atoms with van der Waals surface area (Å²) in [4.78, 5) is 2.51. The Morgan fingerprint density at radius 3 is 2.75 bits per heavy atom. The van der Waals surface area contributed by atoms with Gasteiger partial charge in [0.2, 0.25) is 0 Å². The molecule has 5 unspecified atom stereocenters. The van der Waals surface area contributed by atoms with Crippen molar-refractivity contribution in [1.29, 1.82) is 0 Å². The first-order valence-corrected chi connectivity index (χ1v) is 8.71. The molecule has 3 N–H and O–H groups in total. The van der Waals surface area contributed by atoms with Crippen molar-refractivity contribution >= 4 is 0 Å². The van der Waals surface area contributed by atoms with Gasteiger partial charge in [0.05, 0.1) is 5.60 Å². The first-order chi connectivity index (χ1) is 9.60. The molecule has 3 saturated carbocycles. The van der Waals surface area contributed by atoms with E-state index in [9.17, 15) is 5.11 Å². The summed E-state index contributed by atoms with van der Waals surface area (Å²) in [7, 11) is 2.27. The van der Waals surface area contributed by atoms with Crippen molar-refractivity contribution in [3.05, 3.63) is 0 Å². The second kappa shape index (κ2) is 5.94. The van der Waals surface area contributed by atoms with Crippen LogP contribution in [0.2, 0.25) is 0 Å². The third kappa shape index (κ3) is 2.90. The van der Waals surface area contributed by atoms with E-state index < -0.39 is 5.60 Å². The maximum atomic E-state index is 10.5. The van der Waals surface area contributed by atoms with Crippen molar-refractivity contribution in [1.82, 2.24) is 4.90 Å². The molecule has 0 spiro atoms. The second-order valence-electron chi connectivity index (χ2n) is 7.88. The number of fused-ring (bicyclic) bond motifs is 2. The highest BCUT2D eigenvalue weighted by atomic mass is 16.3. The van der Waals surface area contributed by atoms with E-state index in [-0.39, 0.29) is 0 Å². The molecule has 0 amide bonds. The van der Waals surface area contributed by atoms with Crippen LogP contribution in [-0.2, 0) is 0 Å². The lowest BCUT2D eigenvalue weighted by Gasteiger charge is -2.31. The highest BCUT2D eigenvalue weighted by Crippen LogP contribution is 2.48. The Morgan fingerprint density at radius 2 is 2.10 bits per heavy atom. The highest BCUT2D eigenvalue weighted by molar-refractivity contribution is 4.94. The van der Waals surface area contributed by atoms with Gasteiger partial charge in [-0.15, -0.1) is 0 Å². The van der Waals surface area contributed by atoms with Gasteiger partial charge in [0, 0.05) is 13.1 Å². The van der Waals surface area contributed by atoms with Crippen molar-refractivity contribution in [2.75, 3.05) is 26.7 Å². The molecular formula is C17H32N2O. The van der Waals surface area contributed by atoms with E-state index in [2.05, 4.69) is 11.9 Å². The lowest BCUT2D eigenvalue weighted by Crippen LogP contribution is -2.42. The summed E-state index contributed by atoms with van der Waals surface area (Å²) >= 11 is 0. The summed E-state index contributed by atoms with van der Waals surface area (Å²) in [5.74, 6) is 3.45. The Kier molecular flexibility index (Phi) is 4.40. The van der Waals surface area contributed by atoms with Crippen molar-refractivity contribution in [3.63, 3.8) is 0 Å². The minimum absolute atomic E-state index is 0.426. The van der Waals surface area contributed by atoms with Gasteiger partial charge in [-0.3, -0.25) is 0 Å². The third-order valence-electron chi connectivity index (χ3n) is 6.57. The summed E-state index contributed by atoms with van der Waals surface area (Å²) in [5, 5.41) is 10.5. The van der Waals surface area contributed by atoms with Crippen molar-refractivity contribution < 1.29 is 5.11 Å². The Labute approximate surface area is 123 Å². The summed E-state index contributed by atoms with van der Waals surface area (Å²) < 4.78 is 0. The van der Waals surface area contributed by atoms with Gasteiger partial charge in [0.1, 0.15) is 0 Å². The Balaban J connectivity index is 1.42. The van der Waals surface area contributed by atoms with Crippen LogP contribution in [0.5, 0.6) is 0 Å². The van der Waals surface area contributed by atoms with E-state index in [1.807, 2.05) is 0 Å². The predicted molar refractivity (Wildman–Crippen MR) is 82.4 cm³/mol. The van der Waals surface area contributed by atoms with Crippen LogP contribution in [-0.4, -0.2) is 42.3 Å². The average Bonchev–Trinajstić information content (AvgIpc) is 3.12. The molecule has 0 radical (unpaired) electrons. The fraction of sp³-hybridized carbons (Fsp3) is 1.00. The van der Waals surface area contributed by atoms with Gasteiger partial charge < -0.3 is 15.7 Å². The van der Waals surface area contributed by atoms with Gasteiger partial charge in [-0.2, -0.15) is 0 Å². The predicted octanol–water partition coefficient (Wildman–Crippen LogP) is 2.23. The number of aliphatic hydroxyl groups is 1. The van der Waals surface area contributed by atoms with Crippen LogP contribution in [0.4, 0.5) is 0 Å². The number of nitrogens with zero attached hydrogens (tertiary/aromatic N) is 1. The lowest BCUT2D eigenvalue weighted by atomic mass is 9.87. The molecule has 3 nitrogen and oxygen atoms in total. The number of nitrogens with two attached hydrogens (primary N) is 1. The third-order valence-corrected chi connectivity index (χ3v) is 6.57. The molecule has 0 aromatic heterocycles. The van der Waals surface area contributed by atoms with Crippen molar-refractivity contribution in [3.8, 4) is 0 Å². The van der Waals surface area contributed by atoms with Gasteiger partial charge in [-0.05, 0) is 75.8 Å². The molecule has 5 atom stereocenters. The Hall–Kier alpha value is -0.120. The minimum Gasteiger partial charge on any atom is -0.388 e. The first-order valence-electron chi connectivity index (χ1n) is 8.71. The largest absolute Gasteiger partial charge is 0.388 e. The molecule has 3 aliphatic carbocycles. The van der Waals surface area contributed by atoms with Crippen LogP contribution in [0.15, 0.2) is 0 Å². The van der Waals surface area contributed by atoms with Gasteiger partial charge >= 0.3 is 0 Å². The molecule has 116 valence electrons. The zero-order valence-corrected chi connectivity index (χ0v) is 13.1. The molecule has 3 heteroatoms. The molecule has 0 aliphatic heterocycles. The molecule has 0 saturated heterocycles. The van der Waals surface area contributed by atoms with Gasteiger partial charge in [0.15, 0.2) is 0 Å². The summed E-state index contributed by atoms with van der Waals surface area (Å²) in [6.45, 7) is 2.84. The average molecular weight is 280 g/mol. The summed E-state index contributed by atoms with van der Waals surface area (Å²) in [6.07, 6.45) is 10.3. The van der Waals surface area contributed by atoms with Crippen LogP contribution in [0.1, 0.15) is 51.4 Å². The fourth-order valence-corrected chi connectivity index (χ4v) is 5.28. The van der Waals surface area contributed by atoms with E-state index in [1.165, 1.54) is 32.2 Å². The highest BCUT2D eigenvalue weighted by Gasteiger charge is 2.41. The molecule has 20 heavy (non-hydrogen) atoms. The molecule has 3 fully saturated rings. The fourth-order valence-electron chi connectivity index (χ4n) is 5.28. The summed E-state index contributed by atoms with van der Waals surface area (Å²) in [6, 6.07) is 0. The van der Waals surface area contributed by atoms with E-state index in [4.69, 9.17) is 5.73 Å². The van der Waals surface area contributed by atoms with Gasteiger partial charge in [0.25, 0.3) is 0 Å². The Bertz CT molecular complexity index is 335. The quantitative estimate of drug-likeness (QED) is 0.784. The number of hydrogen-bond donors (Lipinski definition) is 2. The van der Waals surface area contributed by atoms with E-state index in [1.54, 1.807) is 0 Å². The van der Waals surface area contributed by atoms with E-state index in [0.717, 1.165) is 50.0 Å². The number of hydrogen-bond acceptors (Lipinski definition) is 3. The molecule has 2 bridgehead atoms. The smallest absolute Gasteiger partial charge is 0.0797 e. The molecule has 3 aliphatic rings. The lowest BCUT2D eigenvalue weighted by molar-refractivity contribution is 0.00474. The molecular weight excluding hydrogens is 248 g/mol. The SMILES string of the molecule is CN(CCC1CCCC1(O)CN)CC1CC2CCC1C2. The molecule has 0 aromatic rings. The minimum atomic E-state index is -0.562. The molecule has 0 aromatic carbocycles. The van der Waals surface area contributed by atoms with Crippen LogP contribution in [0.25, 0.3) is 0 Å². The van der Waals surface area contributed by atoms with Gasteiger partial charge in [-0.1, -0.05) is 12.8 Å². The van der Waals surface area contributed by atoms with E-state index in [0.29, 0.717) is 12.5 Å². The normalized spacial score (nSPS) is 43.8.